The number of piperazine rings is 1. The number of nitrogens with one attached hydrogen (secondary N) is 3. The summed E-state index contributed by atoms with van der Waals surface area (Å²) >= 11 is 0. The van der Waals surface area contributed by atoms with Gasteiger partial charge in [-0.05, 0) is 116 Å². The van der Waals surface area contributed by atoms with E-state index in [-0.39, 0.29) is 66.9 Å². The zero-order chi connectivity index (χ0) is 55.8. The molecule has 0 bridgehead atoms. The second-order valence-electron chi connectivity index (χ2n) is 22.9. The van der Waals surface area contributed by atoms with Crippen LogP contribution in [-0.4, -0.2) is 128 Å². The first kappa shape index (κ1) is 55.2. The lowest BCUT2D eigenvalue weighted by Crippen LogP contribution is -2.60. The summed E-state index contributed by atoms with van der Waals surface area (Å²) in [4.78, 5) is 42.2. The van der Waals surface area contributed by atoms with Gasteiger partial charge in [0, 0.05) is 120 Å². The summed E-state index contributed by atoms with van der Waals surface area (Å²) in [6.45, 7) is 12.6. The highest BCUT2D eigenvalue weighted by Gasteiger charge is 2.50. The quantitative estimate of drug-likeness (QED) is 0.0545. The third-order valence-corrected chi connectivity index (χ3v) is 18.7. The van der Waals surface area contributed by atoms with E-state index in [0.717, 1.165) is 102 Å². The molecule has 1 saturated carbocycles. The number of anilines is 2. The highest BCUT2D eigenvalue weighted by molar-refractivity contribution is 7.90. The molecule has 1 atom stereocenters. The molecule has 6 heterocycles. The molecule has 4 saturated heterocycles. The zero-order valence-corrected chi connectivity index (χ0v) is 46.5. The van der Waals surface area contributed by atoms with Crippen LogP contribution in [0.25, 0.3) is 11.0 Å². The number of likely N-dealkylation sites (tertiary alicyclic amines) is 1. The Kier molecular flexibility index (Phi) is 15.9. The van der Waals surface area contributed by atoms with Gasteiger partial charge in [0.05, 0.1) is 34.4 Å². The van der Waals surface area contributed by atoms with Crippen molar-refractivity contribution in [3.05, 3.63) is 141 Å². The zero-order valence-electron chi connectivity index (χ0n) is 45.7. The van der Waals surface area contributed by atoms with Crippen LogP contribution in [0.2, 0.25) is 0 Å². The lowest BCUT2D eigenvalue weighted by atomic mass is 9.59. The number of benzene rings is 4. The van der Waals surface area contributed by atoms with E-state index in [0.29, 0.717) is 36.1 Å². The number of aromatic nitrogens is 2. The highest BCUT2D eigenvalue weighted by atomic mass is 32.2. The molecule has 1 amide bonds. The fourth-order valence-corrected chi connectivity index (χ4v) is 13.8. The van der Waals surface area contributed by atoms with Crippen molar-refractivity contribution in [1.29, 1.82) is 0 Å². The van der Waals surface area contributed by atoms with Crippen molar-refractivity contribution < 1.29 is 41.1 Å². The first-order chi connectivity index (χ1) is 38.5. The Morgan fingerprint density at radius 2 is 1.69 bits per heavy atom. The van der Waals surface area contributed by atoms with E-state index in [1.807, 2.05) is 9.62 Å². The Labute approximate surface area is 466 Å². The number of rotatable bonds is 18. The summed E-state index contributed by atoms with van der Waals surface area (Å²) in [6.07, 6.45) is 9.59. The number of pyridine rings is 1. The van der Waals surface area contributed by atoms with Gasteiger partial charge in [-0.15, -0.1) is 0 Å². The van der Waals surface area contributed by atoms with Crippen molar-refractivity contribution in [2.45, 2.75) is 107 Å². The average Bonchev–Trinajstić information content (AvgIpc) is 4.04. The number of alkyl halides is 1. The smallest absolute Gasteiger partial charge is 0.293 e. The number of hydrogen-bond donors (Lipinski definition) is 3. The lowest BCUT2D eigenvalue weighted by molar-refractivity contribution is -0.384. The van der Waals surface area contributed by atoms with E-state index in [9.17, 15) is 23.3 Å². The van der Waals surface area contributed by atoms with Crippen molar-refractivity contribution in [1.82, 2.24) is 29.4 Å². The molecule has 0 radical (unpaired) electrons. The monoisotopic (exact) mass is 1120 g/mol. The molecule has 5 fully saturated rings. The van der Waals surface area contributed by atoms with Crippen LogP contribution in [0.5, 0.6) is 17.2 Å². The molecular formula is C60H71F2N9O8S. The fourth-order valence-electron chi connectivity index (χ4n) is 12.8. The van der Waals surface area contributed by atoms with Gasteiger partial charge < -0.3 is 29.4 Å². The molecule has 424 valence electrons. The van der Waals surface area contributed by atoms with E-state index in [2.05, 4.69) is 86.3 Å². The number of carbonyl (C=O) groups excluding carboxylic acids is 1. The second-order valence-corrected chi connectivity index (χ2v) is 24.6. The molecule has 5 aliphatic rings. The lowest BCUT2D eigenvalue weighted by Gasteiger charge is -2.58. The number of carbonyl (C=O) groups is 1. The van der Waals surface area contributed by atoms with E-state index >= 15 is 8.78 Å². The number of nitrogens with zero attached hydrogens (tertiary/aromatic N) is 6. The van der Waals surface area contributed by atoms with E-state index < -0.39 is 48.5 Å². The molecule has 17 nitrogen and oxygen atoms in total. The molecule has 3 N–H and O–H groups in total. The third-order valence-electron chi connectivity index (χ3n) is 17.4. The number of halogens is 2. The van der Waals surface area contributed by atoms with Crippen LogP contribution in [0, 0.1) is 21.3 Å². The first-order valence-electron chi connectivity index (χ1n) is 28.1. The number of nitro groups is 1. The minimum Gasteiger partial charge on any atom is -0.496 e. The Bertz CT molecular complexity index is 3350. The maximum atomic E-state index is 16.7. The van der Waals surface area contributed by atoms with Gasteiger partial charge in [-0.25, -0.2) is 26.9 Å². The van der Waals surface area contributed by atoms with Crippen molar-refractivity contribution in [2.75, 3.05) is 82.9 Å². The average molecular weight is 1120 g/mol. The molecule has 1 spiro atoms. The molecule has 11 rings (SSSR count). The van der Waals surface area contributed by atoms with Gasteiger partial charge >= 0.3 is 0 Å². The van der Waals surface area contributed by atoms with Gasteiger partial charge in [0.25, 0.3) is 21.6 Å². The molecule has 6 aromatic rings. The predicted molar refractivity (Wildman–Crippen MR) is 302 cm³/mol. The maximum absolute atomic E-state index is 16.7. The third kappa shape index (κ3) is 11.9. The van der Waals surface area contributed by atoms with Gasteiger partial charge in [-0.2, -0.15) is 0 Å². The Balaban J connectivity index is 0.787. The van der Waals surface area contributed by atoms with E-state index in [1.54, 1.807) is 25.4 Å². The van der Waals surface area contributed by atoms with Crippen molar-refractivity contribution in [3.8, 4) is 17.2 Å². The largest absolute Gasteiger partial charge is 0.496 e. The van der Waals surface area contributed by atoms with Crippen LogP contribution in [0.4, 0.5) is 25.8 Å². The van der Waals surface area contributed by atoms with Gasteiger partial charge in [-0.1, -0.05) is 50.2 Å². The van der Waals surface area contributed by atoms with Crippen LogP contribution in [0.3, 0.4) is 0 Å². The number of nitro benzene ring substituents is 1. The van der Waals surface area contributed by atoms with Gasteiger partial charge in [0.1, 0.15) is 40.1 Å². The maximum Gasteiger partial charge on any atom is 0.293 e. The Morgan fingerprint density at radius 3 is 2.44 bits per heavy atom. The summed E-state index contributed by atoms with van der Waals surface area (Å²) < 4.78 is 79.1. The summed E-state index contributed by atoms with van der Waals surface area (Å²) in [5.74, 6) is -0.538. The van der Waals surface area contributed by atoms with E-state index in [4.69, 9.17) is 14.2 Å². The normalized spacial score (nSPS) is 20.0. The number of sulfonamides is 1. The van der Waals surface area contributed by atoms with Gasteiger partial charge in [0.2, 0.25) is 0 Å². The summed E-state index contributed by atoms with van der Waals surface area (Å²) in [6, 6.07) is 25.2. The SMILES string of the molecule is COc1cc(CN2CCN(C3CC4(CCN(c5cc(Oc6cnc7[nH]ccc7c6)c(C(=O)NS(=O)(=O)c6ccc(NCC7(F)CCOCC7)c([N+](=O)[O-])c6)cc5F)CC4)C3)C(c3ccccc3C(C)C)C2)ccc1CN1CCCC1. The number of hydrogen-bond acceptors (Lipinski definition) is 14. The number of methoxy groups -OCH3 is 1. The first-order valence-corrected chi connectivity index (χ1v) is 29.5. The molecule has 4 aliphatic heterocycles. The van der Waals surface area contributed by atoms with Gasteiger partial charge in [-0.3, -0.25) is 29.6 Å². The van der Waals surface area contributed by atoms with Crippen LogP contribution < -0.4 is 24.4 Å². The number of amides is 1. The topological polar surface area (TPSA) is 188 Å². The van der Waals surface area contributed by atoms with E-state index in [1.165, 1.54) is 47.4 Å². The van der Waals surface area contributed by atoms with Crippen LogP contribution in [0.1, 0.15) is 110 Å². The van der Waals surface area contributed by atoms with Gasteiger partial charge in [0.15, 0.2) is 0 Å². The van der Waals surface area contributed by atoms with Crippen molar-refractivity contribution >= 4 is 44.0 Å². The summed E-state index contributed by atoms with van der Waals surface area (Å²) in [5, 5.41) is 15.6. The Morgan fingerprint density at radius 1 is 0.912 bits per heavy atom. The molecule has 20 heteroatoms. The van der Waals surface area contributed by atoms with Crippen molar-refractivity contribution in [3.63, 3.8) is 0 Å². The molecule has 80 heavy (non-hydrogen) atoms. The second kappa shape index (κ2) is 23.0. The molecule has 1 unspecified atom stereocenters. The summed E-state index contributed by atoms with van der Waals surface area (Å²) in [7, 11) is -3.02. The minimum atomic E-state index is -4.79. The molecule has 4 aromatic carbocycles. The van der Waals surface area contributed by atoms with Crippen LogP contribution in [-0.2, 0) is 27.8 Å². The van der Waals surface area contributed by atoms with Crippen LogP contribution in [0.15, 0.2) is 102 Å². The standard InChI is InChI=1S/C60H71F2N9O8S/c1-40(2)47-8-4-5-9-48(47)54-38-68(36-41-10-11-43(55(28-41)77-3)37-67-20-6-7-21-67)24-25-70(54)44-33-59(34-44)15-22-69(23-16-59)52-32-56(79-45-29-42-14-19-63-57(42)64-35-45)49(31-50(52)61)58(72)66-80(75,76)46-12-13-51(53(30-46)71(73)74)65-39-60(62)17-26-78-27-18-60/h4-5,8-14,19,28-32,35,40,44,54,65H,6-7,15-18,20-27,33-34,36-39H2,1-3H3,(H,63,64)(H,66,72). The van der Waals surface area contributed by atoms with Crippen LogP contribution >= 0.6 is 0 Å². The predicted octanol–water partition coefficient (Wildman–Crippen LogP) is 10.5. The highest BCUT2D eigenvalue weighted by Crippen LogP contribution is 2.54. The number of aromatic amines is 1. The van der Waals surface area contributed by atoms with Crippen molar-refractivity contribution in [2.24, 2.45) is 5.41 Å². The fraction of sp³-hybridized carbons (Fsp3) is 0.467. The Hall–Kier alpha value is -6.71. The number of fused-ring (bicyclic) bond motifs is 1. The summed E-state index contributed by atoms with van der Waals surface area (Å²) in [5.41, 5.74) is 3.31. The number of ether oxygens (including phenoxy) is 3. The molecule has 1 aliphatic carbocycles. The number of piperidine rings is 1. The molecule has 2 aromatic heterocycles. The molecular weight excluding hydrogens is 1040 g/mol. The number of H-pyrrole nitrogens is 1. The minimum absolute atomic E-state index is 0.0823.